The fraction of sp³-hybridized carbons (Fsp3) is 0.857. The molecular formula is C21H34F2O5. The molecule has 0 aromatic carbocycles. The first-order valence-electron chi connectivity index (χ1n) is 10.4. The number of fused-ring (bicyclic) bond motifs is 1. The molecule has 1 aliphatic carbocycles. The first kappa shape index (κ1) is 23.2. The number of carbonyl (C=O) groups excluding carboxylic acids is 1. The Balaban J connectivity index is 1.85. The van der Waals surface area contributed by atoms with Crippen molar-refractivity contribution in [2.24, 2.45) is 11.8 Å². The van der Waals surface area contributed by atoms with Crippen molar-refractivity contribution < 1.29 is 33.3 Å². The zero-order chi connectivity index (χ0) is 20.7. The Labute approximate surface area is 166 Å². The van der Waals surface area contributed by atoms with Crippen LogP contribution in [0.4, 0.5) is 8.78 Å². The van der Waals surface area contributed by atoms with Gasteiger partial charge in [-0.2, -0.15) is 0 Å². The van der Waals surface area contributed by atoms with Crippen molar-refractivity contribution in [1.82, 2.24) is 0 Å². The van der Waals surface area contributed by atoms with E-state index < -0.39 is 36.6 Å². The minimum atomic E-state index is -1.28. The molecule has 162 valence electrons. The largest absolute Gasteiger partial charge is 0.469 e. The van der Waals surface area contributed by atoms with Crippen LogP contribution in [0.3, 0.4) is 0 Å². The van der Waals surface area contributed by atoms with Crippen LogP contribution >= 0.6 is 0 Å². The lowest BCUT2D eigenvalue weighted by Gasteiger charge is -2.25. The maximum atomic E-state index is 15.0. The van der Waals surface area contributed by atoms with Crippen molar-refractivity contribution in [3.05, 3.63) is 12.2 Å². The molecule has 2 aliphatic rings. The number of alkyl halides is 2. The van der Waals surface area contributed by atoms with Crippen LogP contribution in [-0.2, 0) is 14.3 Å². The van der Waals surface area contributed by atoms with Gasteiger partial charge in [-0.15, -0.1) is 0 Å². The van der Waals surface area contributed by atoms with Gasteiger partial charge in [0, 0.05) is 18.8 Å². The van der Waals surface area contributed by atoms with Crippen LogP contribution < -0.4 is 0 Å². The first-order chi connectivity index (χ1) is 13.4. The summed E-state index contributed by atoms with van der Waals surface area (Å²) in [6, 6.07) is 0. The highest BCUT2D eigenvalue weighted by Crippen LogP contribution is 2.47. The minimum absolute atomic E-state index is 0.210. The summed E-state index contributed by atoms with van der Waals surface area (Å²) >= 11 is 0. The lowest BCUT2D eigenvalue weighted by Crippen LogP contribution is -2.31. The molecule has 0 aromatic rings. The third-order valence-corrected chi connectivity index (χ3v) is 6.02. The van der Waals surface area contributed by atoms with Crippen LogP contribution in [0.2, 0.25) is 0 Å². The van der Waals surface area contributed by atoms with E-state index in [9.17, 15) is 23.8 Å². The molecule has 0 aromatic heterocycles. The molecule has 7 heteroatoms. The van der Waals surface area contributed by atoms with E-state index in [1.807, 2.05) is 6.92 Å². The molecule has 1 saturated heterocycles. The predicted molar refractivity (Wildman–Crippen MR) is 101 cm³/mol. The fourth-order valence-electron chi connectivity index (χ4n) is 4.39. The van der Waals surface area contributed by atoms with E-state index in [0.717, 1.165) is 12.8 Å². The summed E-state index contributed by atoms with van der Waals surface area (Å²) in [5.41, 5.74) is 0. The second-order valence-electron chi connectivity index (χ2n) is 7.97. The van der Waals surface area contributed by atoms with Crippen LogP contribution in [0.25, 0.3) is 0 Å². The zero-order valence-electron chi connectivity index (χ0n) is 16.8. The van der Waals surface area contributed by atoms with E-state index >= 15 is 0 Å². The maximum absolute atomic E-state index is 15.0. The Hall–Kier alpha value is -1.05. The average Bonchev–Trinajstić information content (AvgIpc) is 3.15. The van der Waals surface area contributed by atoms with Gasteiger partial charge in [-0.3, -0.25) is 4.79 Å². The number of aliphatic hydroxyl groups excluding tert-OH is 2. The summed E-state index contributed by atoms with van der Waals surface area (Å²) in [4.78, 5) is 11.1. The molecule has 1 heterocycles. The Kier molecular flexibility index (Phi) is 9.31. The Morgan fingerprint density at radius 3 is 2.82 bits per heavy atom. The molecule has 1 unspecified atom stereocenters. The quantitative estimate of drug-likeness (QED) is 0.408. The number of hydrogen-bond acceptors (Lipinski definition) is 5. The topological polar surface area (TPSA) is 76.0 Å². The molecule has 5 nitrogen and oxygen atoms in total. The number of rotatable bonds is 11. The fourth-order valence-corrected chi connectivity index (χ4v) is 4.39. The number of aliphatic hydroxyl groups is 2. The van der Waals surface area contributed by atoms with Crippen molar-refractivity contribution in [1.29, 1.82) is 0 Å². The minimum Gasteiger partial charge on any atom is -0.469 e. The lowest BCUT2D eigenvalue weighted by molar-refractivity contribution is -0.140. The number of methoxy groups -OCH3 is 1. The number of halogens is 2. The predicted octanol–water partition coefficient (Wildman–Crippen LogP) is 3.27. The van der Waals surface area contributed by atoms with Crippen LogP contribution in [0, 0.1) is 11.8 Å². The number of unbranched alkanes of at least 4 members (excludes halogenated alkanes) is 1. The van der Waals surface area contributed by atoms with E-state index in [-0.39, 0.29) is 30.8 Å². The molecular weight excluding hydrogens is 370 g/mol. The standard InChI is InChI=1S/C21H34F2O5/c1-3-4-7-14(22)15(24)11-10-13-16(25)12-18-20(13)21(23)17(28-18)8-5-6-9-19(26)27-2/h5,8,13-18,20-21,24-25H,3-4,6-7,9-12H2,1-2H3/b8-5+/t13-,14-,15+,16+,17?,18+,20+,21+/m0/s1. The molecule has 2 rings (SSSR count). The molecule has 8 atom stereocenters. The number of hydrogen-bond donors (Lipinski definition) is 2. The molecule has 0 amide bonds. The van der Waals surface area contributed by atoms with Crippen molar-refractivity contribution in [2.45, 2.75) is 95.0 Å². The van der Waals surface area contributed by atoms with Gasteiger partial charge < -0.3 is 19.7 Å². The summed E-state index contributed by atoms with van der Waals surface area (Å²) in [7, 11) is 1.32. The van der Waals surface area contributed by atoms with Gasteiger partial charge in [0.05, 0.1) is 25.4 Å². The van der Waals surface area contributed by atoms with Gasteiger partial charge in [0.2, 0.25) is 0 Å². The van der Waals surface area contributed by atoms with E-state index in [2.05, 4.69) is 4.74 Å². The monoisotopic (exact) mass is 404 g/mol. The molecule has 1 aliphatic heterocycles. The highest BCUT2D eigenvalue weighted by Gasteiger charge is 2.54. The van der Waals surface area contributed by atoms with Crippen LogP contribution in [0.15, 0.2) is 12.2 Å². The Bertz CT molecular complexity index is 515. The van der Waals surface area contributed by atoms with Gasteiger partial charge in [-0.05, 0) is 31.6 Å². The van der Waals surface area contributed by atoms with Gasteiger partial charge in [0.15, 0.2) is 0 Å². The van der Waals surface area contributed by atoms with Crippen LogP contribution in [0.5, 0.6) is 0 Å². The molecule has 2 N–H and O–H groups in total. The first-order valence-corrected chi connectivity index (χ1v) is 10.4. The smallest absolute Gasteiger partial charge is 0.305 e. The van der Waals surface area contributed by atoms with Gasteiger partial charge in [0.25, 0.3) is 0 Å². The highest BCUT2D eigenvalue weighted by atomic mass is 19.1. The third-order valence-electron chi connectivity index (χ3n) is 6.02. The second kappa shape index (κ2) is 11.2. The Morgan fingerprint density at radius 1 is 1.39 bits per heavy atom. The SMILES string of the molecule is CCCC[C@H](F)[C@H](O)CC[C@@H]1[C@H]2[C@H](F)C(/C=C/CCC(=O)OC)O[C@@H]2C[C@H]1O. The van der Waals surface area contributed by atoms with E-state index in [1.165, 1.54) is 7.11 Å². The van der Waals surface area contributed by atoms with Gasteiger partial charge in [-0.1, -0.05) is 31.9 Å². The van der Waals surface area contributed by atoms with Gasteiger partial charge in [-0.25, -0.2) is 8.78 Å². The van der Waals surface area contributed by atoms with E-state index in [1.54, 1.807) is 12.2 Å². The highest BCUT2D eigenvalue weighted by molar-refractivity contribution is 5.69. The number of carbonyl (C=O) groups is 1. The zero-order valence-corrected chi connectivity index (χ0v) is 16.8. The van der Waals surface area contributed by atoms with Crippen molar-refractivity contribution >= 4 is 5.97 Å². The summed E-state index contributed by atoms with van der Waals surface area (Å²) < 4.78 is 39.2. The molecule has 0 spiro atoms. The number of ether oxygens (including phenoxy) is 2. The van der Waals surface area contributed by atoms with E-state index in [0.29, 0.717) is 25.7 Å². The Morgan fingerprint density at radius 2 is 2.14 bits per heavy atom. The summed E-state index contributed by atoms with van der Waals surface area (Å²) in [5, 5.41) is 20.3. The normalized spacial score (nSPS) is 34.5. The molecule has 0 bridgehead atoms. The molecule has 1 saturated carbocycles. The maximum Gasteiger partial charge on any atom is 0.305 e. The van der Waals surface area contributed by atoms with Crippen LogP contribution in [0.1, 0.15) is 58.3 Å². The second-order valence-corrected chi connectivity index (χ2v) is 7.97. The molecule has 0 radical (unpaired) electrons. The van der Waals surface area contributed by atoms with Gasteiger partial charge >= 0.3 is 5.97 Å². The average molecular weight is 404 g/mol. The number of esters is 1. The van der Waals surface area contributed by atoms with E-state index in [4.69, 9.17) is 4.74 Å². The molecule has 2 fully saturated rings. The third kappa shape index (κ3) is 5.97. The van der Waals surface area contributed by atoms with Gasteiger partial charge in [0.1, 0.15) is 18.4 Å². The summed E-state index contributed by atoms with van der Waals surface area (Å²) in [6.45, 7) is 1.97. The van der Waals surface area contributed by atoms with Crippen molar-refractivity contribution in [2.75, 3.05) is 7.11 Å². The summed E-state index contributed by atoms with van der Waals surface area (Å²) in [5.74, 6) is -1.12. The van der Waals surface area contributed by atoms with Crippen molar-refractivity contribution in [3.63, 3.8) is 0 Å². The van der Waals surface area contributed by atoms with Crippen LogP contribution in [-0.4, -0.2) is 60.1 Å². The molecule has 28 heavy (non-hydrogen) atoms. The summed E-state index contributed by atoms with van der Waals surface area (Å²) in [6.07, 6.45) is 1.48. The van der Waals surface area contributed by atoms with Crippen molar-refractivity contribution in [3.8, 4) is 0 Å². The number of allylic oxidation sites excluding steroid dienone is 1. The lowest BCUT2D eigenvalue weighted by atomic mass is 9.84.